The molecule has 0 spiro atoms. The van der Waals surface area contributed by atoms with E-state index in [2.05, 4.69) is 0 Å². The first kappa shape index (κ1) is 23.7. The van der Waals surface area contributed by atoms with Gasteiger partial charge in [0.1, 0.15) is 11.8 Å². The van der Waals surface area contributed by atoms with Crippen molar-refractivity contribution < 1.29 is 41.9 Å². The van der Waals surface area contributed by atoms with E-state index >= 15 is 0 Å². The van der Waals surface area contributed by atoms with E-state index in [1.165, 1.54) is 9.96 Å². The Bertz CT molecular complexity index is 872. The molecule has 2 heterocycles. The number of hydroxylamine groups is 3. The predicted molar refractivity (Wildman–Crippen MR) is 105 cm³/mol. The summed E-state index contributed by atoms with van der Waals surface area (Å²) in [7, 11) is 0. The minimum Gasteiger partial charge on any atom is -0.442 e. The van der Waals surface area contributed by atoms with Gasteiger partial charge in [-0.2, -0.15) is 8.78 Å². The number of nitrogens with zero attached hydrogens (tertiary/aromatic N) is 3. The van der Waals surface area contributed by atoms with Crippen molar-refractivity contribution in [2.24, 2.45) is 0 Å². The molecular formula is C17H19F4N5O5S. The largest absolute Gasteiger partial charge is 0.442 e. The molecule has 2 saturated heterocycles. The summed E-state index contributed by atoms with van der Waals surface area (Å²) in [5.74, 6) is -3.41. The van der Waals surface area contributed by atoms with E-state index in [9.17, 15) is 27.2 Å². The standard InChI is InChI=1S/C17H19F4N5O5S/c18-11-5-9(25-8-10(31-17(25)28)7-22-15(27)14(20)21)6-12(19)13(11)24-1-2-26(16(32)23-29)30-4-3-24/h5-6,10,14,29H,1-4,7-8H2,(H,22,27)(H,23,32). The highest BCUT2D eigenvalue weighted by atomic mass is 32.1. The molecule has 2 amide bonds. The summed E-state index contributed by atoms with van der Waals surface area (Å²) in [6.07, 6.45) is -5.11. The van der Waals surface area contributed by atoms with Crippen LogP contribution in [0.5, 0.6) is 0 Å². The smallest absolute Gasteiger partial charge is 0.414 e. The number of rotatable bonds is 5. The molecule has 1 aromatic rings. The zero-order chi connectivity index (χ0) is 23.4. The third-order valence-electron chi connectivity index (χ3n) is 4.71. The van der Waals surface area contributed by atoms with E-state index in [1.54, 1.807) is 5.48 Å². The number of benzene rings is 1. The Balaban J connectivity index is 1.70. The van der Waals surface area contributed by atoms with Crippen LogP contribution >= 0.6 is 12.2 Å². The highest BCUT2D eigenvalue weighted by Crippen LogP contribution is 2.31. The number of alkyl halides is 2. The molecule has 0 aliphatic carbocycles. The molecule has 32 heavy (non-hydrogen) atoms. The number of hydrogen-bond acceptors (Lipinski definition) is 7. The van der Waals surface area contributed by atoms with Crippen molar-refractivity contribution in [1.82, 2.24) is 15.9 Å². The second-order valence-corrected chi connectivity index (χ2v) is 7.15. The van der Waals surface area contributed by atoms with Gasteiger partial charge < -0.3 is 15.0 Å². The number of amides is 2. The van der Waals surface area contributed by atoms with Crippen molar-refractivity contribution in [3.05, 3.63) is 23.8 Å². The van der Waals surface area contributed by atoms with Crippen molar-refractivity contribution in [3.63, 3.8) is 0 Å². The second kappa shape index (κ2) is 10.1. The van der Waals surface area contributed by atoms with Gasteiger partial charge >= 0.3 is 12.5 Å². The van der Waals surface area contributed by atoms with Gasteiger partial charge in [-0.25, -0.2) is 24.1 Å². The normalized spacial score (nSPS) is 19.1. The Morgan fingerprint density at radius 3 is 2.56 bits per heavy atom. The predicted octanol–water partition coefficient (Wildman–Crippen LogP) is 0.989. The Morgan fingerprint density at radius 2 is 1.94 bits per heavy atom. The summed E-state index contributed by atoms with van der Waals surface area (Å²) in [6, 6.07) is 1.90. The molecule has 2 aliphatic rings. The van der Waals surface area contributed by atoms with E-state index in [4.69, 9.17) is 27.0 Å². The van der Waals surface area contributed by atoms with E-state index < -0.39 is 36.2 Å². The number of carbonyl (C=O) groups excluding carboxylic acids is 2. The summed E-state index contributed by atoms with van der Waals surface area (Å²) in [5.41, 5.74) is 1.30. The fourth-order valence-corrected chi connectivity index (χ4v) is 3.37. The third-order valence-corrected chi connectivity index (χ3v) is 5.00. The maximum absolute atomic E-state index is 14.8. The lowest BCUT2D eigenvalue weighted by Gasteiger charge is -2.24. The number of hydrogen-bond donors (Lipinski definition) is 3. The molecule has 176 valence electrons. The highest BCUT2D eigenvalue weighted by molar-refractivity contribution is 7.80. The van der Waals surface area contributed by atoms with Crippen molar-refractivity contribution in [2.75, 3.05) is 49.1 Å². The van der Waals surface area contributed by atoms with Gasteiger partial charge in [0.15, 0.2) is 11.6 Å². The van der Waals surface area contributed by atoms with Crippen LogP contribution in [0.15, 0.2) is 12.1 Å². The van der Waals surface area contributed by atoms with Crippen molar-refractivity contribution in [1.29, 1.82) is 0 Å². The number of cyclic esters (lactones) is 1. The summed E-state index contributed by atoms with van der Waals surface area (Å²) >= 11 is 4.85. The molecular weight excluding hydrogens is 462 g/mol. The van der Waals surface area contributed by atoms with Gasteiger partial charge in [0.2, 0.25) is 5.11 Å². The van der Waals surface area contributed by atoms with Crippen LogP contribution in [0.4, 0.5) is 33.7 Å². The van der Waals surface area contributed by atoms with E-state index in [0.717, 1.165) is 17.0 Å². The second-order valence-electron chi connectivity index (χ2n) is 6.76. The monoisotopic (exact) mass is 481 g/mol. The summed E-state index contributed by atoms with van der Waals surface area (Å²) in [6.45, 7) is -0.186. The first-order valence-electron chi connectivity index (χ1n) is 9.33. The molecule has 1 aromatic carbocycles. The van der Waals surface area contributed by atoms with Crippen LogP contribution in [0, 0.1) is 11.6 Å². The van der Waals surface area contributed by atoms with Gasteiger partial charge in [0.05, 0.1) is 31.9 Å². The Morgan fingerprint density at radius 1 is 1.25 bits per heavy atom. The van der Waals surface area contributed by atoms with Gasteiger partial charge in [-0.1, -0.05) is 0 Å². The molecule has 2 aliphatic heterocycles. The van der Waals surface area contributed by atoms with Crippen LogP contribution in [0.3, 0.4) is 0 Å². The minimum absolute atomic E-state index is 0.0346. The molecule has 0 aromatic heterocycles. The fraction of sp³-hybridized carbons (Fsp3) is 0.471. The van der Waals surface area contributed by atoms with Crippen LogP contribution in [-0.2, 0) is 14.4 Å². The molecule has 0 bridgehead atoms. The van der Waals surface area contributed by atoms with Crippen LogP contribution < -0.4 is 20.6 Å². The Hall–Kier alpha value is -2.91. The molecule has 0 saturated carbocycles. The minimum atomic E-state index is -3.22. The summed E-state index contributed by atoms with van der Waals surface area (Å²) in [4.78, 5) is 30.7. The molecule has 2 fully saturated rings. The highest BCUT2D eigenvalue weighted by Gasteiger charge is 2.34. The molecule has 1 atom stereocenters. The lowest BCUT2D eigenvalue weighted by molar-refractivity contribution is -0.132. The molecule has 1 unspecified atom stereocenters. The quantitative estimate of drug-likeness (QED) is 0.323. The Labute approximate surface area is 184 Å². The maximum atomic E-state index is 14.8. The molecule has 10 nitrogen and oxygen atoms in total. The topological polar surface area (TPSA) is 107 Å². The Kier molecular flexibility index (Phi) is 7.52. The summed E-state index contributed by atoms with van der Waals surface area (Å²) in [5, 5.41) is 11.9. The van der Waals surface area contributed by atoms with E-state index in [0.29, 0.717) is 0 Å². The van der Waals surface area contributed by atoms with Crippen LogP contribution in [0.1, 0.15) is 0 Å². The molecule has 3 rings (SSSR count). The van der Waals surface area contributed by atoms with E-state index in [-0.39, 0.29) is 55.8 Å². The van der Waals surface area contributed by atoms with Crippen molar-refractivity contribution in [3.8, 4) is 0 Å². The number of nitrogens with one attached hydrogen (secondary N) is 2. The molecule has 0 radical (unpaired) electrons. The number of ether oxygens (including phenoxy) is 1. The van der Waals surface area contributed by atoms with Gasteiger partial charge in [-0.15, -0.1) is 0 Å². The van der Waals surface area contributed by atoms with Gasteiger partial charge in [-0.05, 0) is 12.2 Å². The third kappa shape index (κ3) is 5.28. The van der Waals surface area contributed by atoms with Crippen molar-refractivity contribution >= 4 is 40.7 Å². The van der Waals surface area contributed by atoms with Gasteiger partial charge in [0, 0.05) is 25.2 Å². The lowest BCUT2D eigenvalue weighted by atomic mass is 10.2. The van der Waals surface area contributed by atoms with Crippen molar-refractivity contribution in [2.45, 2.75) is 12.5 Å². The van der Waals surface area contributed by atoms with Crippen LogP contribution in [0.2, 0.25) is 0 Å². The average Bonchev–Trinajstić information content (AvgIpc) is 2.95. The van der Waals surface area contributed by atoms with Crippen LogP contribution in [-0.4, -0.2) is 79.2 Å². The summed E-state index contributed by atoms with van der Waals surface area (Å²) < 4.78 is 59.1. The molecule has 15 heteroatoms. The lowest BCUT2D eigenvalue weighted by Crippen LogP contribution is -2.40. The molecule has 3 N–H and O–H groups in total. The SMILES string of the molecule is O=C(NCC1CN(c2cc(F)c(N3CCON(C(=S)NO)CC3)c(F)c2)C(=O)O1)C(F)F. The zero-order valence-electron chi connectivity index (χ0n) is 16.4. The number of thiocarbonyl (C=S) groups is 1. The number of anilines is 2. The van der Waals surface area contributed by atoms with Crippen LogP contribution in [0.25, 0.3) is 0 Å². The maximum Gasteiger partial charge on any atom is 0.414 e. The van der Waals surface area contributed by atoms with E-state index in [1.807, 2.05) is 5.32 Å². The van der Waals surface area contributed by atoms with Gasteiger partial charge in [-0.3, -0.25) is 19.7 Å². The zero-order valence-corrected chi connectivity index (χ0v) is 17.2. The number of halogens is 4. The average molecular weight is 481 g/mol. The number of carbonyl (C=O) groups is 2. The first-order chi connectivity index (χ1) is 15.2. The van der Waals surface area contributed by atoms with Gasteiger partial charge in [0.25, 0.3) is 5.91 Å². The first-order valence-corrected chi connectivity index (χ1v) is 9.74. The fourth-order valence-electron chi connectivity index (χ4n) is 3.23.